The second kappa shape index (κ2) is 6.04. The molecule has 100 valence electrons. The Kier molecular flexibility index (Phi) is 4.41. The van der Waals surface area contributed by atoms with E-state index in [1.807, 2.05) is 32.3 Å². The molecule has 1 aliphatic rings. The molecule has 0 fully saturated rings. The van der Waals surface area contributed by atoms with Crippen molar-refractivity contribution in [2.75, 3.05) is 34.0 Å². The molecule has 2 rings (SSSR count). The fourth-order valence-electron chi connectivity index (χ4n) is 2.08. The summed E-state index contributed by atoms with van der Waals surface area (Å²) < 4.78 is 10.6. The first-order chi connectivity index (χ1) is 8.69. The van der Waals surface area contributed by atoms with Crippen molar-refractivity contribution in [1.29, 1.82) is 0 Å². The molecule has 1 heterocycles. The standard InChI is InChI=1S/C13H20N2O3/c1-14-6-11(16)8-15(2)7-10-3-4-12-13(5-10)18-9-17-12/h3-5,11,14,16H,6-9H2,1-2H3. The summed E-state index contributed by atoms with van der Waals surface area (Å²) >= 11 is 0. The summed E-state index contributed by atoms with van der Waals surface area (Å²) in [5, 5.41) is 12.7. The molecule has 1 aromatic carbocycles. The van der Waals surface area contributed by atoms with Gasteiger partial charge in [-0.3, -0.25) is 4.90 Å². The SMILES string of the molecule is CNCC(O)CN(C)Cc1ccc2c(c1)OCO2. The predicted molar refractivity (Wildman–Crippen MR) is 68.8 cm³/mol. The Bertz CT molecular complexity index is 398. The smallest absolute Gasteiger partial charge is 0.231 e. The van der Waals surface area contributed by atoms with E-state index >= 15 is 0 Å². The molecule has 2 N–H and O–H groups in total. The van der Waals surface area contributed by atoms with Crippen LogP contribution in [0.15, 0.2) is 18.2 Å². The van der Waals surface area contributed by atoms with Crippen molar-refractivity contribution >= 4 is 0 Å². The first kappa shape index (κ1) is 13.1. The maximum atomic E-state index is 9.70. The third kappa shape index (κ3) is 3.35. The van der Waals surface area contributed by atoms with Gasteiger partial charge in [0.2, 0.25) is 6.79 Å². The zero-order chi connectivity index (χ0) is 13.0. The van der Waals surface area contributed by atoms with Crippen LogP contribution in [0.5, 0.6) is 11.5 Å². The van der Waals surface area contributed by atoms with Gasteiger partial charge in [-0.15, -0.1) is 0 Å². The average Bonchev–Trinajstić information content (AvgIpc) is 2.76. The summed E-state index contributed by atoms with van der Waals surface area (Å²) in [4.78, 5) is 2.08. The van der Waals surface area contributed by atoms with Gasteiger partial charge in [0.1, 0.15) is 0 Å². The molecule has 5 heteroatoms. The van der Waals surface area contributed by atoms with Crippen LogP contribution in [0.25, 0.3) is 0 Å². The molecular formula is C13H20N2O3. The Balaban J connectivity index is 1.89. The van der Waals surface area contributed by atoms with Crippen LogP contribution in [-0.4, -0.2) is 50.1 Å². The Morgan fingerprint density at radius 1 is 1.39 bits per heavy atom. The first-order valence-electron chi connectivity index (χ1n) is 6.09. The highest BCUT2D eigenvalue weighted by Gasteiger charge is 2.14. The lowest BCUT2D eigenvalue weighted by atomic mass is 10.2. The lowest BCUT2D eigenvalue weighted by Gasteiger charge is -2.20. The van der Waals surface area contributed by atoms with Gasteiger partial charge in [-0.25, -0.2) is 0 Å². The van der Waals surface area contributed by atoms with Crippen LogP contribution in [0.2, 0.25) is 0 Å². The van der Waals surface area contributed by atoms with Gasteiger partial charge in [-0.2, -0.15) is 0 Å². The highest BCUT2D eigenvalue weighted by molar-refractivity contribution is 5.44. The van der Waals surface area contributed by atoms with Gasteiger partial charge < -0.3 is 19.9 Å². The molecule has 0 aliphatic carbocycles. The number of hydrogen-bond donors (Lipinski definition) is 2. The molecule has 0 bridgehead atoms. The van der Waals surface area contributed by atoms with E-state index in [9.17, 15) is 5.11 Å². The number of rotatable bonds is 6. The Morgan fingerprint density at radius 2 is 2.17 bits per heavy atom. The maximum absolute atomic E-state index is 9.70. The van der Waals surface area contributed by atoms with Gasteiger partial charge in [-0.1, -0.05) is 6.07 Å². The molecule has 0 aromatic heterocycles. The van der Waals surface area contributed by atoms with Crippen molar-refractivity contribution in [1.82, 2.24) is 10.2 Å². The second-order valence-electron chi connectivity index (χ2n) is 4.60. The summed E-state index contributed by atoms with van der Waals surface area (Å²) in [5.74, 6) is 1.60. The molecule has 5 nitrogen and oxygen atoms in total. The summed E-state index contributed by atoms with van der Waals surface area (Å²) in [6.45, 7) is 2.31. The van der Waals surface area contributed by atoms with Crippen LogP contribution < -0.4 is 14.8 Å². The van der Waals surface area contributed by atoms with Crippen molar-refractivity contribution in [3.63, 3.8) is 0 Å². The van der Waals surface area contributed by atoms with Crippen molar-refractivity contribution in [2.24, 2.45) is 0 Å². The third-order valence-electron chi connectivity index (χ3n) is 2.85. The molecule has 0 amide bonds. The monoisotopic (exact) mass is 252 g/mol. The van der Waals surface area contributed by atoms with E-state index in [4.69, 9.17) is 9.47 Å². The molecule has 1 atom stereocenters. The minimum absolute atomic E-state index is 0.301. The zero-order valence-corrected chi connectivity index (χ0v) is 10.8. The maximum Gasteiger partial charge on any atom is 0.231 e. The lowest BCUT2D eigenvalue weighted by Crippen LogP contribution is -2.35. The van der Waals surface area contributed by atoms with E-state index < -0.39 is 0 Å². The average molecular weight is 252 g/mol. The number of nitrogens with one attached hydrogen (secondary N) is 1. The number of benzene rings is 1. The fraction of sp³-hybridized carbons (Fsp3) is 0.538. The minimum atomic E-state index is -0.353. The number of likely N-dealkylation sites (N-methyl/N-ethyl adjacent to an activating group) is 2. The number of nitrogens with zero attached hydrogens (tertiary/aromatic N) is 1. The molecule has 0 saturated heterocycles. The van der Waals surface area contributed by atoms with Gasteiger partial charge >= 0.3 is 0 Å². The Labute approximate surface area is 107 Å². The van der Waals surface area contributed by atoms with E-state index in [0.29, 0.717) is 19.9 Å². The number of hydrogen-bond acceptors (Lipinski definition) is 5. The Hall–Kier alpha value is -1.30. The first-order valence-corrected chi connectivity index (χ1v) is 6.09. The summed E-state index contributed by atoms with van der Waals surface area (Å²) in [6.07, 6.45) is -0.353. The van der Waals surface area contributed by atoms with E-state index in [1.54, 1.807) is 0 Å². The molecule has 0 spiro atoms. The quantitative estimate of drug-likeness (QED) is 0.769. The number of aliphatic hydroxyl groups excluding tert-OH is 1. The highest BCUT2D eigenvalue weighted by Crippen LogP contribution is 2.32. The van der Waals surface area contributed by atoms with E-state index in [1.165, 1.54) is 0 Å². The number of ether oxygens (including phenoxy) is 2. The molecule has 0 radical (unpaired) electrons. The summed E-state index contributed by atoms with van der Waals surface area (Å²) in [7, 11) is 3.82. The van der Waals surface area contributed by atoms with Crippen molar-refractivity contribution in [3.05, 3.63) is 23.8 Å². The zero-order valence-electron chi connectivity index (χ0n) is 10.8. The van der Waals surface area contributed by atoms with E-state index in [-0.39, 0.29) is 6.10 Å². The van der Waals surface area contributed by atoms with Crippen LogP contribution >= 0.6 is 0 Å². The third-order valence-corrected chi connectivity index (χ3v) is 2.85. The van der Waals surface area contributed by atoms with Crippen LogP contribution in [0.3, 0.4) is 0 Å². The lowest BCUT2D eigenvalue weighted by molar-refractivity contribution is 0.123. The topological polar surface area (TPSA) is 54.0 Å². The normalized spacial score (nSPS) is 15.1. The van der Waals surface area contributed by atoms with Crippen molar-refractivity contribution < 1.29 is 14.6 Å². The van der Waals surface area contributed by atoms with E-state index in [0.717, 1.165) is 23.6 Å². The Morgan fingerprint density at radius 3 is 2.94 bits per heavy atom. The highest BCUT2D eigenvalue weighted by atomic mass is 16.7. The van der Waals surface area contributed by atoms with Gasteiger partial charge in [0, 0.05) is 19.6 Å². The van der Waals surface area contributed by atoms with Gasteiger partial charge in [-0.05, 0) is 31.8 Å². The molecule has 0 saturated carbocycles. The molecule has 1 aromatic rings. The molecule has 1 unspecified atom stereocenters. The molecule has 18 heavy (non-hydrogen) atoms. The van der Waals surface area contributed by atoms with Gasteiger partial charge in [0.05, 0.1) is 6.10 Å². The van der Waals surface area contributed by atoms with Crippen LogP contribution in [0, 0.1) is 0 Å². The predicted octanol–water partition coefficient (Wildman–Crippen LogP) is 0.427. The van der Waals surface area contributed by atoms with Crippen molar-refractivity contribution in [3.8, 4) is 11.5 Å². The van der Waals surface area contributed by atoms with Crippen molar-refractivity contribution in [2.45, 2.75) is 12.6 Å². The summed E-state index contributed by atoms with van der Waals surface area (Å²) in [6, 6.07) is 5.94. The fourth-order valence-corrected chi connectivity index (χ4v) is 2.08. The van der Waals surface area contributed by atoms with Gasteiger partial charge in [0.15, 0.2) is 11.5 Å². The van der Waals surface area contributed by atoms with Crippen LogP contribution in [0.4, 0.5) is 0 Å². The van der Waals surface area contributed by atoms with Gasteiger partial charge in [0.25, 0.3) is 0 Å². The number of fused-ring (bicyclic) bond motifs is 1. The second-order valence-corrected chi connectivity index (χ2v) is 4.60. The minimum Gasteiger partial charge on any atom is -0.454 e. The summed E-state index contributed by atoms with van der Waals surface area (Å²) in [5.41, 5.74) is 1.15. The molecule has 1 aliphatic heterocycles. The van der Waals surface area contributed by atoms with Crippen LogP contribution in [-0.2, 0) is 6.54 Å². The number of aliphatic hydroxyl groups is 1. The molecular weight excluding hydrogens is 232 g/mol. The van der Waals surface area contributed by atoms with Crippen LogP contribution in [0.1, 0.15) is 5.56 Å². The largest absolute Gasteiger partial charge is 0.454 e. The van der Waals surface area contributed by atoms with E-state index in [2.05, 4.69) is 10.2 Å².